The molecule has 0 radical (unpaired) electrons. The summed E-state index contributed by atoms with van der Waals surface area (Å²) in [5.74, 6) is 0.605. The second-order valence-corrected chi connectivity index (χ2v) is 9.96. The first-order valence-electron chi connectivity index (χ1n) is 12.7. The number of carbonyl (C=O) groups excluding carboxylic acids is 1. The lowest BCUT2D eigenvalue weighted by Crippen LogP contribution is -2.50. The Morgan fingerprint density at radius 2 is 1.65 bits per heavy atom. The second kappa shape index (κ2) is 10.5. The molecule has 1 aliphatic heterocycles. The molecule has 4 heteroatoms. The average molecular weight is 454 g/mol. The Hall–Kier alpha value is -2.98. The van der Waals surface area contributed by atoms with Crippen LogP contribution in [0.2, 0.25) is 0 Å². The van der Waals surface area contributed by atoms with Crippen molar-refractivity contribution in [3.8, 4) is 0 Å². The van der Waals surface area contributed by atoms with Crippen LogP contribution in [-0.4, -0.2) is 45.9 Å². The molecule has 0 N–H and O–H groups in total. The predicted molar refractivity (Wildman–Crippen MR) is 137 cm³/mol. The van der Waals surface area contributed by atoms with Crippen molar-refractivity contribution in [1.82, 2.24) is 14.8 Å². The molecule has 1 saturated heterocycles. The van der Waals surface area contributed by atoms with Crippen molar-refractivity contribution in [3.05, 3.63) is 101 Å². The van der Waals surface area contributed by atoms with Gasteiger partial charge in [-0.25, -0.2) is 0 Å². The van der Waals surface area contributed by atoms with Crippen LogP contribution in [0.15, 0.2) is 79.0 Å². The highest BCUT2D eigenvalue weighted by Gasteiger charge is 2.42. The Kier molecular flexibility index (Phi) is 7.05. The molecule has 1 aromatic heterocycles. The summed E-state index contributed by atoms with van der Waals surface area (Å²) in [6.45, 7) is 5.39. The van der Waals surface area contributed by atoms with Crippen LogP contribution < -0.4 is 0 Å². The summed E-state index contributed by atoms with van der Waals surface area (Å²) in [5.41, 5.74) is 4.68. The quantitative estimate of drug-likeness (QED) is 0.451. The van der Waals surface area contributed by atoms with Gasteiger partial charge in [-0.1, -0.05) is 60.7 Å². The first-order valence-corrected chi connectivity index (χ1v) is 12.7. The minimum Gasteiger partial charge on any atom is -0.331 e. The summed E-state index contributed by atoms with van der Waals surface area (Å²) in [7, 11) is 0. The van der Waals surface area contributed by atoms with Crippen molar-refractivity contribution < 1.29 is 4.79 Å². The highest BCUT2D eigenvalue weighted by Crippen LogP contribution is 2.36. The minimum atomic E-state index is 0.103. The summed E-state index contributed by atoms with van der Waals surface area (Å²) in [6.07, 6.45) is 7.11. The molecule has 0 bridgehead atoms. The third-order valence-corrected chi connectivity index (χ3v) is 7.54. The van der Waals surface area contributed by atoms with Gasteiger partial charge in [-0.05, 0) is 86.9 Å². The third-order valence-electron chi connectivity index (χ3n) is 7.54. The van der Waals surface area contributed by atoms with Gasteiger partial charge in [-0.3, -0.25) is 14.7 Å². The molecule has 2 fully saturated rings. The van der Waals surface area contributed by atoms with Crippen molar-refractivity contribution >= 4 is 5.91 Å². The molecule has 4 nitrogen and oxygen atoms in total. The van der Waals surface area contributed by atoms with Gasteiger partial charge in [-0.15, -0.1) is 0 Å². The van der Waals surface area contributed by atoms with Gasteiger partial charge in [0.1, 0.15) is 5.69 Å². The number of carbonyl (C=O) groups is 1. The summed E-state index contributed by atoms with van der Waals surface area (Å²) < 4.78 is 0. The number of hydrogen-bond acceptors (Lipinski definition) is 3. The van der Waals surface area contributed by atoms with Gasteiger partial charge in [-0.2, -0.15) is 0 Å². The lowest BCUT2D eigenvalue weighted by Gasteiger charge is -2.42. The Morgan fingerprint density at radius 1 is 0.941 bits per heavy atom. The average Bonchev–Trinajstić information content (AvgIpc) is 3.72. The summed E-state index contributed by atoms with van der Waals surface area (Å²) in [5, 5.41) is 0. The van der Waals surface area contributed by atoms with Crippen LogP contribution in [0, 0.1) is 12.8 Å². The van der Waals surface area contributed by atoms with E-state index in [1.807, 2.05) is 18.2 Å². The number of nitrogens with zero attached hydrogens (tertiary/aromatic N) is 3. The van der Waals surface area contributed by atoms with Crippen LogP contribution in [0.5, 0.6) is 0 Å². The maximum atomic E-state index is 13.7. The van der Waals surface area contributed by atoms with Gasteiger partial charge in [0, 0.05) is 24.8 Å². The van der Waals surface area contributed by atoms with Crippen molar-refractivity contribution in [3.63, 3.8) is 0 Å². The Balaban J connectivity index is 1.35. The molecule has 2 aliphatic rings. The third kappa shape index (κ3) is 5.39. The summed E-state index contributed by atoms with van der Waals surface area (Å²) in [4.78, 5) is 22.9. The highest BCUT2D eigenvalue weighted by atomic mass is 16.2. The highest BCUT2D eigenvalue weighted by molar-refractivity contribution is 5.93. The van der Waals surface area contributed by atoms with E-state index in [-0.39, 0.29) is 11.9 Å². The Bertz CT molecular complexity index is 1070. The predicted octanol–water partition coefficient (Wildman–Crippen LogP) is 5.52. The second-order valence-electron chi connectivity index (χ2n) is 9.96. The molecule has 1 saturated carbocycles. The van der Waals surface area contributed by atoms with E-state index < -0.39 is 0 Å². The van der Waals surface area contributed by atoms with E-state index >= 15 is 0 Å². The van der Waals surface area contributed by atoms with Crippen LogP contribution in [0.3, 0.4) is 0 Å². The van der Waals surface area contributed by atoms with Crippen molar-refractivity contribution in [2.45, 2.75) is 57.7 Å². The SMILES string of the molecule is Cc1ccccc1CN1CCC([C@H](Cc2ccccc2)N(C(=O)c2ccccn2)C2CC2)CC1. The van der Waals surface area contributed by atoms with Crippen molar-refractivity contribution in [2.75, 3.05) is 13.1 Å². The van der Waals surface area contributed by atoms with Crippen molar-refractivity contribution in [1.29, 1.82) is 0 Å². The first kappa shape index (κ1) is 22.8. The molecular weight excluding hydrogens is 418 g/mol. The number of hydrogen-bond donors (Lipinski definition) is 0. The summed E-state index contributed by atoms with van der Waals surface area (Å²) in [6, 6.07) is 25.6. The molecule has 3 aromatic rings. The standard InChI is InChI=1S/C30H35N3O/c1-23-9-5-6-12-26(23)22-32-19-16-25(17-20-32)29(21-24-10-3-2-4-11-24)33(27-14-15-27)30(34)28-13-7-8-18-31-28/h2-13,18,25,27,29H,14-17,19-22H2,1H3/t29-/m0/s1. The molecule has 1 atom stereocenters. The molecule has 0 spiro atoms. The number of likely N-dealkylation sites (tertiary alicyclic amines) is 1. The zero-order chi connectivity index (χ0) is 23.3. The van der Waals surface area contributed by atoms with Crippen molar-refractivity contribution in [2.24, 2.45) is 5.92 Å². The lowest BCUT2D eigenvalue weighted by atomic mass is 9.84. The maximum absolute atomic E-state index is 13.7. The van der Waals surface area contributed by atoms with E-state index in [4.69, 9.17) is 0 Å². The number of amides is 1. The van der Waals surface area contributed by atoms with Crippen LogP contribution in [0.25, 0.3) is 0 Å². The molecule has 2 heterocycles. The van der Waals surface area contributed by atoms with Gasteiger partial charge in [0.25, 0.3) is 5.91 Å². The van der Waals surface area contributed by atoms with E-state index in [0.717, 1.165) is 51.7 Å². The molecule has 1 aliphatic carbocycles. The smallest absolute Gasteiger partial charge is 0.272 e. The fourth-order valence-electron chi connectivity index (χ4n) is 5.43. The van der Waals surface area contributed by atoms with E-state index in [2.05, 4.69) is 76.3 Å². The number of pyridine rings is 1. The molecule has 2 aromatic carbocycles. The van der Waals surface area contributed by atoms with Gasteiger partial charge in [0.05, 0.1) is 0 Å². The number of rotatable bonds is 8. The minimum absolute atomic E-state index is 0.103. The molecule has 1 amide bonds. The van der Waals surface area contributed by atoms with E-state index in [1.165, 1.54) is 16.7 Å². The molecule has 176 valence electrons. The fourth-order valence-corrected chi connectivity index (χ4v) is 5.43. The molecule has 0 unspecified atom stereocenters. The van der Waals surface area contributed by atoms with Crippen LogP contribution >= 0.6 is 0 Å². The fraction of sp³-hybridized carbons (Fsp3) is 0.400. The molecule has 5 rings (SSSR count). The molecule has 34 heavy (non-hydrogen) atoms. The largest absolute Gasteiger partial charge is 0.331 e. The van der Waals surface area contributed by atoms with Gasteiger partial charge >= 0.3 is 0 Å². The monoisotopic (exact) mass is 453 g/mol. The van der Waals surface area contributed by atoms with Gasteiger partial charge in [0.2, 0.25) is 0 Å². The number of aromatic nitrogens is 1. The van der Waals surface area contributed by atoms with E-state index in [9.17, 15) is 4.79 Å². The first-order chi connectivity index (χ1) is 16.7. The van der Waals surface area contributed by atoms with Gasteiger partial charge < -0.3 is 4.90 Å². The zero-order valence-corrected chi connectivity index (χ0v) is 20.1. The van der Waals surface area contributed by atoms with Crippen LogP contribution in [-0.2, 0) is 13.0 Å². The number of benzene rings is 2. The van der Waals surface area contributed by atoms with E-state index in [0.29, 0.717) is 17.7 Å². The Morgan fingerprint density at radius 3 is 2.32 bits per heavy atom. The van der Waals surface area contributed by atoms with E-state index in [1.54, 1.807) is 6.20 Å². The number of aryl methyl sites for hydroxylation is 1. The number of piperidine rings is 1. The van der Waals surface area contributed by atoms with Crippen LogP contribution in [0.4, 0.5) is 0 Å². The lowest BCUT2D eigenvalue weighted by molar-refractivity contribution is 0.0477. The maximum Gasteiger partial charge on any atom is 0.272 e. The summed E-state index contributed by atoms with van der Waals surface area (Å²) >= 11 is 0. The molecular formula is C30H35N3O. The van der Waals surface area contributed by atoms with Gasteiger partial charge in [0.15, 0.2) is 0 Å². The Labute approximate surface area is 203 Å². The van der Waals surface area contributed by atoms with Crippen LogP contribution in [0.1, 0.15) is 52.9 Å². The normalized spacial score (nSPS) is 17.9. The topological polar surface area (TPSA) is 36.4 Å². The zero-order valence-electron chi connectivity index (χ0n) is 20.1.